The summed E-state index contributed by atoms with van der Waals surface area (Å²) >= 11 is 12.0. The summed E-state index contributed by atoms with van der Waals surface area (Å²) < 4.78 is 30.3. The minimum atomic E-state index is -3.71. The number of aromatic nitrogens is 1. The molecule has 3 aromatic rings. The van der Waals surface area contributed by atoms with Gasteiger partial charge in [-0.2, -0.15) is 4.31 Å². The van der Waals surface area contributed by atoms with Gasteiger partial charge in [0.25, 0.3) is 0 Å². The summed E-state index contributed by atoms with van der Waals surface area (Å²) in [6.07, 6.45) is 1.97. The minimum absolute atomic E-state index is 0.198. The van der Waals surface area contributed by atoms with Gasteiger partial charge in [0, 0.05) is 35.0 Å². The van der Waals surface area contributed by atoms with E-state index in [9.17, 15) is 8.42 Å². The molecule has 0 saturated heterocycles. The molecule has 0 bridgehead atoms. The van der Waals surface area contributed by atoms with Crippen LogP contribution in [0.25, 0.3) is 0 Å². The number of fused-ring (bicyclic) bond motifs is 1. The smallest absolute Gasteiger partial charge is 0.244 e. The maximum atomic E-state index is 13.4. The van der Waals surface area contributed by atoms with E-state index in [1.807, 2.05) is 30.5 Å². The number of rotatable bonds is 3. The Morgan fingerprint density at radius 2 is 1.65 bits per heavy atom. The Bertz CT molecular complexity index is 1050. The molecule has 0 saturated carbocycles. The third-order valence-electron chi connectivity index (χ3n) is 4.58. The lowest BCUT2D eigenvalue weighted by Crippen LogP contribution is -2.42. The van der Waals surface area contributed by atoms with Gasteiger partial charge in [0.2, 0.25) is 10.0 Å². The first-order chi connectivity index (χ1) is 12.5. The lowest BCUT2D eigenvalue weighted by Gasteiger charge is -2.36. The van der Waals surface area contributed by atoms with Crippen molar-refractivity contribution in [2.45, 2.75) is 17.5 Å². The van der Waals surface area contributed by atoms with Crippen LogP contribution < -0.4 is 0 Å². The van der Waals surface area contributed by atoms with Crippen molar-refractivity contribution in [3.05, 3.63) is 88.2 Å². The monoisotopic (exact) mass is 406 g/mol. The molecule has 134 valence electrons. The van der Waals surface area contributed by atoms with Gasteiger partial charge in [0.15, 0.2) is 0 Å². The summed E-state index contributed by atoms with van der Waals surface area (Å²) in [5.74, 6) is 0. The van der Waals surface area contributed by atoms with E-state index in [4.69, 9.17) is 23.2 Å². The third-order valence-corrected chi connectivity index (χ3v) is 6.93. The molecule has 4 nitrogen and oxygen atoms in total. The molecular weight excluding hydrogens is 391 g/mol. The second kappa shape index (κ2) is 6.74. The van der Waals surface area contributed by atoms with Crippen molar-refractivity contribution in [3.8, 4) is 0 Å². The molecule has 1 unspecified atom stereocenters. The predicted octanol–water partition coefficient (Wildman–Crippen LogP) is 4.59. The molecule has 1 aromatic heterocycles. The first-order valence-electron chi connectivity index (χ1n) is 8.15. The fourth-order valence-corrected chi connectivity index (χ4v) is 5.37. The molecule has 2 aromatic carbocycles. The number of benzene rings is 2. The van der Waals surface area contributed by atoms with Crippen LogP contribution in [0.1, 0.15) is 17.3 Å². The number of hydrogen-bond acceptors (Lipinski definition) is 2. The van der Waals surface area contributed by atoms with Crippen LogP contribution in [0.15, 0.2) is 71.8 Å². The maximum absolute atomic E-state index is 13.4. The van der Waals surface area contributed by atoms with Gasteiger partial charge in [0.05, 0.1) is 10.9 Å². The fourth-order valence-electron chi connectivity index (χ4n) is 3.37. The standard InChI is InChI=1S/C19H16Cl2N2O2S/c20-15-8-6-14(7-9-15)19-18-5-2-10-22(18)11-12-23(19)26(24,25)17-4-1-3-16(21)13-17/h1-10,13,19H,11-12H2. The normalized spacial score (nSPS) is 17.8. The topological polar surface area (TPSA) is 42.3 Å². The molecule has 1 aliphatic rings. The quantitative estimate of drug-likeness (QED) is 0.638. The predicted molar refractivity (Wildman–Crippen MR) is 103 cm³/mol. The van der Waals surface area contributed by atoms with Crippen LogP contribution in [0.5, 0.6) is 0 Å². The highest BCUT2D eigenvalue weighted by atomic mass is 35.5. The van der Waals surface area contributed by atoms with Gasteiger partial charge >= 0.3 is 0 Å². The van der Waals surface area contributed by atoms with Crippen molar-refractivity contribution >= 4 is 33.2 Å². The molecule has 26 heavy (non-hydrogen) atoms. The van der Waals surface area contributed by atoms with Gasteiger partial charge in [-0.3, -0.25) is 0 Å². The van der Waals surface area contributed by atoms with Crippen molar-refractivity contribution in [2.75, 3.05) is 6.54 Å². The Hall–Kier alpha value is -1.79. The summed E-state index contributed by atoms with van der Waals surface area (Å²) in [6.45, 7) is 0.982. The molecule has 0 radical (unpaired) electrons. The molecule has 7 heteroatoms. The molecule has 0 N–H and O–H groups in total. The molecule has 1 atom stereocenters. The van der Waals surface area contributed by atoms with E-state index < -0.39 is 16.1 Å². The first kappa shape index (κ1) is 17.6. The van der Waals surface area contributed by atoms with E-state index >= 15 is 0 Å². The van der Waals surface area contributed by atoms with E-state index in [0.29, 0.717) is 23.1 Å². The Labute approximate surface area is 162 Å². The average molecular weight is 407 g/mol. The minimum Gasteiger partial charge on any atom is -0.348 e. The lowest BCUT2D eigenvalue weighted by molar-refractivity contribution is 0.298. The second-order valence-electron chi connectivity index (χ2n) is 6.15. The largest absolute Gasteiger partial charge is 0.348 e. The van der Waals surface area contributed by atoms with Crippen molar-refractivity contribution in [3.63, 3.8) is 0 Å². The zero-order valence-electron chi connectivity index (χ0n) is 13.7. The van der Waals surface area contributed by atoms with Gasteiger partial charge in [-0.25, -0.2) is 8.42 Å². The Morgan fingerprint density at radius 3 is 2.38 bits per heavy atom. The molecule has 2 heterocycles. The van der Waals surface area contributed by atoms with Crippen LogP contribution >= 0.6 is 23.2 Å². The molecule has 0 amide bonds. The average Bonchev–Trinajstić information content (AvgIpc) is 3.10. The summed E-state index contributed by atoms with van der Waals surface area (Å²) in [4.78, 5) is 0.198. The Balaban J connectivity index is 1.85. The van der Waals surface area contributed by atoms with E-state index in [0.717, 1.165) is 11.3 Å². The van der Waals surface area contributed by atoms with E-state index in [-0.39, 0.29) is 4.90 Å². The molecule has 0 spiro atoms. The van der Waals surface area contributed by atoms with Crippen molar-refractivity contribution < 1.29 is 8.42 Å². The molecule has 4 rings (SSSR count). The van der Waals surface area contributed by atoms with E-state index in [1.54, 1.807) is 30.3 Å². The summed E-state index contributed by atoms with van der Waals surface area (Å²) in [7, 11) is -3.71. The van der Waals surface area contributed by atoms with Crippen LogP contribution in [-0.4, -0.2) is 23.8 Å². The SMILES string of the molecule is O=S(=O)(c1cccc(Cl)c1)N1CCn2cccc2C1c1ccc(Cl)cc1. The molecule has 0 aliphatic carbocycles. The van der Waals surface area contributed by atoms with Gasteiger partial charge in [-0.1, -0.05) is 41.4 Å². The van der Waals surface area contributed by atoms with E-state index in [2.05, 4.69) is 4.57 Å². The summed E-state index contributed by atoms with van der Waals surface area (Å²) in [5.41, 5.74) is 1.81. The lowest BCUT2D eigenvalue weighted by atomic mass is 10.0. The summed E-state index contributed by atoms with van der Waals surface area (Å²) in [6, 6.07) is 17.2. The maximum Gasteiger partial charge on any atom is 0.244 e. The fraction of sp³-hybridized carbons (Fsp3) is 0.158. The van der Waals surface area contributed by atoms with Crippen molar-refractivity contribution in [2.24, 2.45) is 0 Å². The summed E-state index contributed by atoms with van der Waals surface area (Å²) in [5, 5.41) is 1.01. The number of sulfonamides is 1. The van der Waals surface area contributed by atoms with Crippen molar-refractivity contribution in [1.29, 1.82) is 0 Å². The van der Waals surface area contributed by atoms with Crippen molar-refractivity contribution in [1.82, 2.24) is 8.87 Å². The number of nitrogens with zero attached hydrogens (tertiary/aromatic N) is 2. The second-order valence-corrected chi connectivity index (χ2v) is 8.92. The number of hydrogen-bond donors (Lipinski definition) is 0. The van der Waals surface area contributed by atoms with Gasteiger partial charge in [-0.15, -0.1) is 0 Å². The first-order valence-corrected chi connectivity index (χ1v) is 10.3. The Kier molecular flexibility index (Phi) is 4.57. The zero-order chi connectivity index (χ0) is 18.3. The third kappa shape index (κ3) is 3.05. The Morgan fingerprint density at radius 1 is 0.885 bits per heavy atom. The molecule has 1 aliphatic heterocycles. The van der Waals surface area contributed by atoms with Gasteiger partial charge in [-0.05, 0) is 48.0 Å². The molecular formula is C19H16Cl2N2O2S. The van der Waals surface area contributed by atoms with Crippen LogP contribution in [0.2, 0.25) is 10.0 Å². The van der Waals surface area contributed by atoms with Gasteiger partial charge in [0.1, 0.15) is 0 Å². The highest BCUT2D eigenvalue weighted by molar-refractivity contribution is 7.89. The van der Waals surface area contributed by atoms with Crippen LogP contribution in [0.3, 0.4) is 0 Å². The molecule has 0 fully saturated rings. The highest BCUT2D eigenvalue weighted by Crippen LogP contribution is 2.37. The number of halogens is 2. The van der Waals surface area contributed by atoms with Crippen LogP contribution in [0, 0.1) is 0 Å². The highest BCUT2D eigenvalue weighted by Gasteiger charge is 2.37. The van der Waals surface area contributed by atoms with Crippen LogP contribution in [0.4, 0.5) is 0 Å². The van der Waals surface area contributed by atoms with Gasteiger partial charge < -0.3 is 4.57 Å². The zero-order valence-corrected chi connectivity index (χ0v) is 16.0. The van der Waals surface area contributed by atoms with Crippen LogP contribution in [-0.2, 0) is 16.6 Å². The van der Waals surface area contributed by atoms with E-state index in [1.165, 1.54) is 10.4 Å².